The van der Waals surface area contributed by atoms with Crippen molar-refractivity contribution < 1.29 is 4.79 Å². The molecule has 0 unspecified atom stereocenters. The van der Waals surface area contributed by atoms with Crippen LogP contribution in [0.1, 0.15) is 0 Å². The second kappa shape index (κ2) is 6.64. The van der Waals surface area contributed by atoms with Crippen molar-refractivity contribution in [1.82, 2.24) is 20.6 Å². The summed E-state index contributed by atoms with van der Waals surface area (Å²) in [6.45, 7) is 0. The van der Waals surface area contributed by atoms with Gasteiger partial charge in [-0.1, -0.05) is 35.3 Å². The highest BCUT2D eigenvalue weighted by molar-refractivity contribution is 6.42. The van der Waals surface area contributed by atoms with Crippen molar-refractivity contribution in [2.75, 3.05) is 10.6 Å². The van der Waals surface area contributed by atoms with E-state index in [4.69, 9.17) is 23.2 Å². The highest BCUT2D eigenvalue weighted by Gasteiger charge is 2.07. The zero-order chi connectivity index (χ0) is 16.2. The number of carbonyl (C=O) groups is 1. The van der Waals surface area contributed by atoms with Crippen LogP contribution in [0.2, 0.25) is 10.0 Å². The molecule has 9 heteroatoms. The summed E-state index contributed by atoms with van der Waals surface area (Å²) in [6.07, 6.45) is 0. The van der Waals surface area contributed by atoms with Crippen LogP contribution in [0.5, 0.6) is 0 Å². The fourth-order valence-electron chi connectivity index (χ4n) is 1.89. The molecule has 2 aromatic carbocycles. The van der Waals surface area contributed by atoms with Gasteiger partial charge >= 0.3 is 6.03 Å². The number of halogens is 2. The van der Waals surface area contributed by atoms with Gasteiger partial charge in [0.1, 0.15) is 0 Å². The fraction of sp³-hybridized carbons (Fsp3) is 0. The Bertz CT molecular complexity index is 837. The van der Waals surface area contributed by atoms with Crippen molar-refractivity contribution in [3.8, 4) is 11.4 Å². The van der Waals surface area contributed by atoms with Gasteiger partial charge in [-0.3, -0.25) is 0 Å². The molecule has 3 rings (SSSR count). The Morgan fingerprint density at radius 3 is 2.48 bits per heavy atom. The van der Waals surface area contributed by atoms with Gasteiger partial charge in [0.05, 0.1) is 10.0 Å². The minimum atomic E-state index is -0.409. The Morgan fingerprint density at radius 1 is 1.00 bits per heavy atom. The Labute approximate surface area is 141 Å². The molecular formula is C14H10Cl2N6O. The van der Waals surface area contributed by atoms with Crippen LogP contribution in [0.4, 0.5) is 16.2 Å². The fourth-order valence-corrected chi connectivity index (χ4v) is 2.19. The minimum absolute atomic E-state index is 0.364. The van der Waals surface area contributed by atoms with E-state index >= 15 is 0 Å². The summed E-state index contributed by atoms with van der Waals surface area (Å²) in [5.74, 6) is 0.443. The maximum atomic E-state index is 12.0. The number of H-pyrrole nitrogens is 1. The van der Waals surface area contributed by atoms with Crippen LogP contribution in [0.15, 0.2) is 42.5 Å². The SMILES string of the molecule is O=C(Nc1cccc(-c2nn[nH]n2)c1)Nc1ccc(Cl)c(Cl)c1. The summed E-state index contributed by atoms with van der Waals surface area (Å²) in [6, 6.07) is 11.5. The van der Waals surface area contributed by atoms with Gasteiger partial charge in [-0.05, 0) is 35.5 Å². The average molecular weight is 349 g/mol. The zero-order valence-corrected chi connectivity index (χ0v) is 13.1. The maximum absolute atomic E-state index is 12.0. The highest BCUT2D eigenvalue weighted by atomic mass is 35.5. The van der Waals surface area contributed by atoms with Crippen molar-refractivity contribution in [2.24, 2.45) is 0 Å². The topological polar surface area (TPSA) is 95.6 Å². The van der Waals surface area contributed by atoms with Gasteiger partial charge in [-0.2, -0.15) is 5.21 Å². The summed E-state index contributed by atoms with van der Waals surface area (Å²) >= 11 is 11.7. The van der Waals surface area contributed by atoms with Crippen LogP contribution in [-0.4, -0.2) is 26.7 Å². The Morgan fingerprint density at radius 2 is 1.78 bits per heavy atom. The Kier molecular flexibility index (Phi) is 4.40. The third-order valence-corrected chi connectivity index (χ3v) is 3.64. The number of carbonyl (C=O) groups excluding carboxylic acids is 1. The zero-order valence-electron chi connectivity index (χ0n) is 11.5. The Balaban J connectivity index is 1.70. The van der Waals surface area contributed by atoms with Gasteiger partial charge in [-0.15, -0.1) is 10.2 Å². The van der Waals surface area contributed by atoms with E-state index in [1.165, 1.54) is 0 Å². The molecule has 0 aliphatic rings. The lowest BCUT2D eigenvalue weighted by atomic mass is 10.2. The van der Waals surface area contributed by atoms with Crippen molar-refractivity contribution in [2.45, 2.75) is 0 Å². The molecule has 23 heavy (non-hydrogen) atoms. The van der Waals surface area contributed by atoms with Crippen molar-refractivity contribution >= 4 is 40.6 Å². The Hall–Kier alpha value is -2.64. The molecule has 0 aliphatic carbocycles. The predicted octanol–water partition coefficient (Wildman–Crippen LogP) is 3.82. The van der Waals surface area contributed by atoms with Crippen LogP contribution < -0.4 is 10.6 Å². The second-order valence-corrected chi connectivity index (χ2v) is 5.34. The predicted molar refractivity (Wildman–Crippen MR) is 88.7 cm³/mol. The average Bonchev–Trinajstić information content (AvgIpc) is 3.05. The molecule has 0 aliphatic heterocycles. The number of urea groups is 1. The smallest absolute Gasteiger partial charge is 0.308 e. The number of rotatable bonds is 3. The quantitative estimate of drug-likeness (QED) is 0.670. The molecule has 2 amide bonds. The van der Waals surface area contributed by atoms with Gasteiger partial charge in [0, 0.05) is 16.9 Å². The molecule has 0 bridgehead atoms. The standard InChI is InChI=1S/C14H10Cl2N6O/c15-11-5-4-10(7-12(11)16)18-14(23)17-9-3-1-2-8(6-9)13-19-21-22-20-13/h1-7H,(H2,17,18,23)(H,19,20,21,22). The van der Waals surface area contributed by atoms with Crippen LogP contribution in [-0.2, 0) is 0 Å². The molecule has 0 fully saturated rings. The first-order valence-corrected chi connectivity index (χ1v) is 7.24. The molecular weight excluding hydrogens is 339 g/mol. The van der Waals surface area contributed by atoms with Crippen LogP contribution >= 0.6 is 23.2 Å². The van der Waals surface area contributed by atoms with Gasteiger partial charge in [0.15, 0.2) is 0 Å². The van der Waals surface area contributed by atoms with Crippen LogP contribution in [0, 0.1) is 0 Å². The molecule has 1 heterocycles. The van der Waals surface area contributed by atoms with E-state index in [1.807, 2.05) is 6.07 Å². The number of aromatic nitrogens is 4. The highest BCUT2D eigenvalue weighted by Crippen LogP contribution is 2.25. The first kappa shape index (κ1) is 15.3. The maximum Gasteiger partial charge on any atom is 0.323 e. The third kappa shape index (κ3) is 3.77. The number of benzene rings is 2. The van der Waals surface area contributed by atoms with Gasteiger partial charge in [-0.25, -0.2) is 4.79 Å². The number of nitrogens with zero attached hydrogens (tertiary/aromatic N) is 3. The molecule has 1 aromatic heterocycles. The number of nitrogens with one attached hydrogen (secondary N) is 3. The van der Waals surface area contributed by atoms with E-state index in [0.717, 1.165) is 5.56 Å². The van der Waals surface area contributed by atoms with E-state index in [2.05, 4.69) is 31.3 Å². The molecule has 3 N–H and O–H groups in total. The van der Waals surface area contributed by atoms with Crippen molar-refractivity contribution in [3.05, 3.63) is 52.5 Å². The van der Waals surface area contributed by atoms with Crippen LogP contribution in [0.3, 0.4) is 0 Å². The largest absolute Gasteiger partial charge is 0.323 e. The van der Waals surface area contributed by atoms with Crippen molar-refractivity contribution in [1.29, 1.82) is 0 Å². The molecule has 7 nitrogen and oxygen atoms in total. The van der Waals surface area contributed by atoms with E-state index in [9.17, 15) is 4.79 Å². The van der Waals surface area contributed by atoms with Crippen molar-refractivity contribution in [3.63, 3.8) is 0 Å². The number of hydrogen-bond acceptors (Lipinski definition) is 4. The number of tetrazole rings is 1. The number of anilines is 2. The normalized spacial score (nSPS) is 10.3. The third-order valence-electron chi connectivity index (χ3n) is 2.90. The molecule has 0 atom stereocenters. The van der Waals surface area contributed by atoms with Gasteiger partial charge < -0.3 is 10.6 Å². The lowest BCUT2D eigenvalue weighted by Gasteiger charge is -2.09. The molecule has 0 radical (unpaired) electrons. The van der Waals surface area contributed by atoms with E-state index in [1.54, 1.807) is 36.4 Å². The second-order valence-electron chi connectivity index (χ2n) is 4.52. The summed E-state index contributed by atoms with van der Waals surface area (Å²) in [4.78, 5) is 12.0. The molecule has 0 spiro atoms. The minimum Gasteiger partial charge on any atom is -0.308 e. The molecule has 3 aromatic rings. The lowest BCUT2D eigenvalue weighted by Crippen LogP contribution is -2.19. The van der Waals surface area contributed by atoms with Crippen LogP contribution in [0.25, 0.3) is 11.4 Å². The lowest BCUT2D eigenvalue weighted by molar-refractivity contribution is 0.262. The van der Waals surface area contributed by atoms with E-state index in [0.29, 0.717) is 27.2 Å². The van der Waals surface area contributed by atoms with Gasteiger partial charge in [0.2, 0.25) is 5.82 Å². The first-order chi connectivity index (χ1) is 11.1. The molecule has 116 valence electrons. The summed E-state index contributed by atoms with van der Waals surface area (Å²) in [5, 5.41) is 19.8. The first-order valence-electron chi connectivity index (χ1n) is 6.49. The summed E-state index contributed by atoms with van der Waals surface area (Å²) < 4.78 is 0. The number of amides is 2. The summed E-state index contributed by atoms with van der Waals surface area (Å²) in [7, 11) is 0. The number of aromatic amines is 1. The van der Waals surface area contributed by atoms with Gasteiger partial charge in [0.25, 0.3) is 0 Å². The number of hydrogen-bond donors (Lipinski definition) is 3. The summed E-state index contributed by atoms with van der Waals surface area (Å²) in [5.41, 5.74) is 1.85. The molecule has 0 saturated heterocycles. The van der Waals surface area contributed by atoms with E-state index < -0.39 is 6.03 Å². The molecule has 0 saturated carbocycles. The monoisotopic (exact) mass is 348 g/mol. The van der Waals surface area contributed by atoms with E-state index in [-0.39, 0.29) is 0 Å².